The monoisotopic (exact) mass is 263 g/mol. The van der Waals surface area contributed by atoms with Crippen molar-refractivity contribution in [2.75, 3.05) is 19.8 Å². The standard InChI is InChI=1S/C15H21NO3/c1-3-19-14-7-4-13(5-8-14)6-9-15(18)16-10-12(2)11-17/h4-9,12,17H,3,10-11H2,1-2H3,(H,16,18)/b9-6+. The molecular weight excluding hydrogens is 242 g/mol. The van der Waals surface area contributed by atoms with Crippen LogP contribution in [0.5, 0.6) is 5.75 Å². The van der Waals surface area contributed by atoms with Crippen LogP contribution in [0.15, 0.2) is 30.3 Å². The molecule has 0 aromatic heterocycles. The Hall–Kier alpha value is -1.81. The van der Waals surface area contributed by atoms with E-state index in [4.69, 9.17) is 9.84 Å². The summed E-state index contributed by atoms with van der Waals surface area (Å²) in [4.78, 5) is 11.5. The predicted molar refractivity (Wildman–Crippen MR) is 75.9 cm³/mol. The molecular formula is C15H21NO3. The number of ether oxygens (including phenoxy) is 1. The van der Waals surface area contributed by atoms with Crippen LogP contribution in [0.4, 0.5) is 0 Å². The summed E-state index contributed by atoms with van der Waals surface area (Å²) in [5.41, 5.74) is 0.939. The molecule has 1 aromatic rings. The summed E-state index contributed by atoms with van der Waals surface area (Å²) in [6.45, 7) is 4.99. The first-order valence-electron chi connectivity index (χ1n) is 6.45. The van der Waals surface area contributed by atoms with E-state index in [1.807, 2.05) is 38.1 Å². The minimum atomic E-state index is -0.158. The topological polar surface area (TPSA) is 58.6 Å². The SMILES string of the molecule is CCOc1ccc(/C=C/C(=O)NCC(C)CO)cc1. The summed E-state index contributed by atoms with van der Waals surface area (Å²) in [5, 5.41) is 11.6. The fourth-order valence-corrected chi connectivity index (χ4v) is 1.41. The second-order valence-electron chi connectivity index (χ2n) is 4.37. The molecule has 0 saturated heterocycles. The van der Waals surface area contributed by atoms with Crippen LogP contribution in [0.2, 0.25) is 0 Å². The fourth-order valence-electron chi connectivity index (χ4n) is 1.41. The van der Waals surface area contributed by atoms with Crippen molar-refractivity contribution in [3.63, 3.8) is 0 Å². The van der Waals surface area contributed by atoms with Gasteiger partial charge in [0.2, 0.25) is 5.91 Å². The number of aliphatic hydroxyl groups excluding tert-OH is 1. The molecule has 4 nitrogen and oxygen atoms in total. The Kier molecular flexibility index (Phi) is 6.68. The van der Waals surface area contributed by atoms with Crippen molar-refractivity contribution in [2.24, 2.45) is 5.92 Å². The van der Waals surface area contributed by atoms with Crippen LogP contribution in [0.3, 0.4) is 0 Å². The first-order chi connectivity index (χ1) is 9.15. The lowest BCUT2D eigenvalue weighted by Crippen LogP contribution is -2.27. The van der Waals surface area contributed by atoms with Crippen LogP contribution < -0.4 is 10.1 Å². The van der Waals surface area contributed by atoms with E-state index < -0.39 is 0 Å². The average Bonchev–Trinajstić information content (AvgIpc) is 2.44. The Morgan fingerprint density at radius 2 is 2.11 bits per heavy atom. The summed E-state index contributed by atoms with van der Waals surface area (Å²) in [7, 11) is 0. The van der Waals surface area contributed by atoms with Gasteiger partial charge in [-0.2, -0.15) is 0 Å². The van der Waals surface area contributed by atoms with E-state index >= 15 is 0 Å². The summed E-state index contributed by atoms with van der Waals surface area (Å²) in [6.07, 6.45) is 3.23. The van der Waals surface area contributed by atoms with E-state index in [2.05, 4.69) is 5.32 Å². The van der Waals surface area contributed by atoms with Crippen LogP contribution >= 0.6 is 0 Å². The van der Waals surface area contributed by atoms with Gasteiger partial charge in [-0.25, -0.2) is 0 Å². The van der Waals surface area contributed by atoms with Gasteiger partial charge in [0.25, 0.3) is 0 Å². The van der Waals surface area contributed by atoms with Crippen molar-refractivity contribution in [1.29, 1.82) is 0 Å². The zero-order chi connectivity index (χ0) is 14.1. The van der Waals surface area contributed by atoms with Crippen LogP contribution in [0.1, 0.15) is 19.4 Å². The Morgan fingerprint density at radius 3 is 2.68 bits per heavy atom. The lowest BCUT2D eigenvalue weighted by molar-refractivity contribution is -0.116. The van der Waals surface area contributed by atoms with Crippen molar-refractivity contribution in [1.82, 2.24) is 5.32 Å². The van der Waals surface area contributed by atoms with Gasteiger partial charge in [-0.3, -0.25) is 4.79 Å². The molecule has 0 saturated carbocycles. The summed E-state index contributed by atoms with van der Waals surface area (Å²) in [6, 6.07) is 7.53. The van der Waals surface area contributed by atoms with Crippen molar-refractivity contribution in [2.45, 2.75) is 13.8 Å². The minimum Gasteiger partial charge on any atom is -0.494 e. The molecule has 0 radical (unpaired) electrons. The predicted octanol–water partition coefficient (Wildman–Crippen LogP) is 1.84. The molecule has 1 unspecified atom stereocenters. The Balaban J connectivity index is 2.44. The number of carbonyl (C=O) groups excluding carboxylic acids is 1. The molecule has 2 N–H and O–H groups in total. The van der Waals surface area contributed by atoms with Crippen molar-refractivity contribution in [3.05, 3.63) is 35.9 Å². The average molecular weight is 263 g/mol. The number of rotatable bonds is 7. The zero-order valence-corrected chi connectivity index (χ0v) is 11.4. The summed E-state index contributed by atoms with van der Waals surface area (Å²) < 4.78 is 5.34. The highest BCUT2D eigenvalue weighted by atomic mass is 16.5. The van der Waals surface area contributed by atoms with Gasteiger partial charge in [-0.15, -0.1) is 0 Å². The van der Waals surface area contributed by atoms with Crippen LogP contribution in [-0.4, -0.2) is 30.8 Å². The first kappa shape index (κ1) is 15.2. The molecule has 1 aromatic carbocycles. The molecule has 0 aliphatic carbocycles. The molecule has 0 bridgehead atoms. The van der Waals surface area contributed by atoms with Gasteiger partial charge >= 0.3 is 0 Å². The maximum Gasteiger partial charge on any atom is 0.244 e. The molecule has 1 amide bonds. The van der Waals surface area contributed by atoms with E-state index in [1.165, 1.54) is 6.08 Å². The quantitative estimate of drug-likeness (QED) is 0.738. The maximum atomic E-state index is 11.5. The molecule has 19 heavy (non-hydrogen) atoms. The molecule has 0 fully saturated rings. The van der Waals surface area contributed by atoms with Crippen molar-refractivity contribution in [3.8, 4) is 5.75 Å². The van der Waals surface area contributed by atoms with Crippen molar-refractivity contribution < 1.29 is 14.6 Å². The fraction of sp³-hybridized carbons (Fsp3) is 0.400. The molecule has 0 aliphatic rings. The number of benzene rings is 1. The summed E-state index contributed by atoms with van der Waals surface area (Å²) >= 11 is 0. The highest BCUT2D eigenvalue weighted by molar-refractivity contribution is 5.91. The largest absolute Gasteiger partial charge is 0.494 e. The molecule has 0 heterocycles. The second-order valence-corrected chi connectivity index (χ2v) is 4.37. The highest BCUT2D eigenvalue weighted by Gasteiger charge is 2.01. The van der Waals surface area contributed by atoms with Crippen LogP contribution in [-0.2, 0) is 4.79 Å². The lowest BCUT2D eigenvalue weighted by Gasteiger charge is -2.07. The van der Waals surface area contributed by atoms with Crippen molar-refractivity contribution >= 4 is 12.0 Å². The third kappa shape index (κ3) is 6.06. The maximum absolute atomic E-state index is 11.5. The number of aliphatic hydroxyl groups is 1. The van der Waals surface area contributed by atoms with Gasteiger partial charge in [0, 0.05) is 19.2 Å². The van der Waals surface area contributed by atoms with Gasteiger partial charge in [0.15, 0.2) is 0 Å². The zero-order valence-electron chi connectivity index (χ0n) is 11.4. The normalized spacial score (nSPS) is 12.4. The Bertz CT molecular complexity index is 412. The molecule has 4 heteroatoms. The second kappa shape index (κ2) is 8.32. The van der Waals surface area contributed by atoms with Gasteiger partial charge in [-0.1, -0.05) is 19.1 Å². The van der Waals surface area contributed by atoms with Gasteiger partial charge in [0.05, 0.1) is 6.61 Å². The lowest BCUT2D eigenvalue weighted by atomic mass is 10.2. The number of hydrogen-bond donors (Lipinski definition) is 2. The van der Waals surface area contributed by atoms with E-state index in [-0.39, 0.29) is 18.4 Å². The Labute approximate surface area is 114 Å². The van der Waals surface area contributed by atoms with E-state index in [0.717, 1.165) is 11.3 Å². The molecule has 104 valence electrons. The Morgan fingerprint density at radius 1 is 1.42 bits per heavy atom. The van der Waals surface area contributed by atoms with Gasteiger partial charge < -0.3 is 15.2 Å². The van der Waals surface area contributed by atoms with Crippen LogP contribution in [0, 0.1) is 5.92 Å². The molecule has 1 atom stereocenters. The van der Waals surface area contributed by atoms with Gasteiger partial charge in [-0.05, 0) is 36.6 Å². The highest BCUT2D eigenvalue weighted by Crippen LogP contribution is 2.12. The van der Waals surface area contributed by atoms with E-state index in [0.29, 0.717) is 13.2 Å². The molecule has 0 aliphatic heterocycles. The van der Waals surface area contributed by atoms with Gasteiger partial charge in [0.1, 0.15) is 5.75 Å². The molecule has 1 rings (SSSR count). The minimum absolute atomic E-state index is 0.0721. The smallest absolute Gasteiger partial charge is 0.244 e. The van der Waals surface area contributed by atoms with E-state index in [9.17, 15) is 4.79 Å². The van der Waals surface area contributed by atoms with Crippen LogP contribution in [0.25, 0.3) is 6.08 Å². The third-order valence-electron chi connectivity index (χ3n) is 2.55. The number of carbonyl (C=O) groups is 1. The molecule has 0 spiro atoms. The number of nitrogens with one attached hydrogen (secondary N) is 1. The third-order valence-corrected chi connectivity index (χ3v) is 2.55. The summed E-state index contributed by atoms with van der Waals surface area (Å²) in [5.74, 6) is 0.734. The first-order valence-corrected chi connectivity index (χ1v) is 6.45. The number of hydrogen-bond acceptors (Lipinski definition) is 3. The number of amides is 1. The van der Waals surface area contributed by atoms with E-state index in [1.54, 1.807) is 6.08 Å².